The van der Waals surface area contributed by atoms with Crippen LogP contribution in [0.15, 0.2) is 29.6 Å². The van der Waals surface area contributed by atoms with Crippen LogP contribution in [0.1, 0.15) is 20.8 Å². The molecule has 2 aromatic rings. The van der Waals surface area contributed by atoms with E-state index in [1.54, 1.807) is 12.1 Å². The molecule has 4 heteroatoms. The summed E-state index contributed by atoms with van der Waals surface area (Å²) < 4.78 is 12.9. The van der Waals surface area contributed by atoms with Gasteiger partial charge in [0.2, 0.25) is 0 Å². The molecular formula is C12H8ClFOS. The van der Waals surface area contributed by atoms with E-state index in [-0.39, 0.29) is 5.02 Å². The van der Waals surface area contributed by atoms with Crippen molar-refractivity contribution in [3.8, 4) is 0 Å². The van der Waals surface area contributed by atoms with Gasteiger partial charge in [-0.2, -0.15) is 0 Å². The lowest BCUT2D eigenvalue weighted by Gasteiger charge is -2.00. The summed E-state index contributed by atoms with van der Waals surface area (Å²) in [7, 11) is 0. The molecule has 0 amide bonds. The maximum absolute atomic E-state index is 12.9. The van der Waals surface area contributed by atoms with Crippen molar-refractivity contribution in [1.29, 1.82) is 0 Å². The molecule has 16 heavy (non-hydrogen) atoms. The van der Waals surface area contributed by atoms with Crippen LogP contribution >= 0.6 is 22.9 Å². The van der Waals surface area contributed by atoms with Gasteiger partial charge in [-0.15, -0.1) is 11.3 Å². The molecule has 0 spiro atoms. The molecule has 0 aliphatic carbocycles. The number of aldehydes is 1. The van der Waals surface area contributed by atoms with Gasteiger partial charge >= 0.3 is 0 Å². The van der Waals surface area contributed by atoms with Gasteiger partial charge < -0.3 is 0 Å². The molecule has 1 nitrogen and oxygen atoms in total. The van der Waals surface area contributed by atoms with E-state index in [2.05, 4.69) is 0 Å². The molecule has 0 aliphatic rings. The van der Waals surface area contributed by atoms with Crippen molar-refractivity contribution < 1.29 is 9.18 Å². The van der Waals surface area contributed by atoms with E-state index in [1.165, 1.54) is 17.4 Å². The first-order valence-corrected chi connectivity index (χ1v) is 5.91. The second kappa shape index (κ2) is 4.76. The third kappa shape index (κ3) is 2.49. The molecule has 2 rings (SSSR count). The zero-order valence-corrected chi connectivity index (χ0v) is 9.82. The summed E-state index contributed by atoms with van der Waals surface area (Å²) in [6, 6.07) is 6.48. The van der Waals surface area contributed by atoms with Crippen molar-refractivity contribution in [2.45, 2.75) is 6.42 Å². The van der Waals surface area contributed by atoms with E-state index in [0.29, 0.717) is 11.3 Å². The molecule has 1 heterocycles. The number of carbonyl (C=O) groups is 1. The van der Waals surface area contributed by atoms with Gasteiger partial charge in [0.25, 0.3) is 0 Å². The number of rotatable bonds is 3. The predicted molar refractivity (Wildman–Crippen MR) is 63.9 cm³/mol. The highest BCUT2D eigenvalue weighted by Crippen LogP contribution is 2.20. The summed E-state index contributed by atoms with van der Waals surface area (Å²) in [5, 5.41) is 2.05. The molecule has 0 bridgehead atoms. The first kappa shape index (κ1) is 11.3. The number of thiophene rings is 1. The average molecular weight is 255 g/mol. The van der Waals surface area contributed by atoms with Crippen LogP contribution < -0.4 is 0 Å². The van der Waals surface area contributed by atoms with Gasteiger partial charge in [0.15, 0.2) is 6.29 Å². The Labute approximate surface area is 101 Å². The number of hydrogen-bond acceptors (Lipinski definition) is 2. The molecular weight excluding hydrogens is 247 g/mol. The normalized spacial score (nSPS) is 10.4. The van der Waals surface area contributed by atoms with E-state index in [4.69, 9.17) is 11.6 Å². The highest BCUT2D eigenvalue weighted by molar-refractivity contribution is 7.11. The van der Waals surface area contributed by atoms with Gasteiger partial charge in [-0.1, -0.05) is 17.7 Å². The molecule has 1 aromatic carbocycles. The molecule has 82 valence electrons. The van der Waals surface area contributed by atoms with E-state index in [1.807, 2.05) is 11.4 Å². The molecule has 0 aliphatic heterocycles. The Kier molecular flexibility index (Phi) is 3.36. The topological polar surface area (TPSA) is 17.1 Å². The quantitative estimate of drug-likeness (QED) is 0.758. The zero-order chi connectivity index (χ0) is 11.5. The largest absolute Gasteiger partial charge is 0.297 e. The highest BCUT2D eigenvalue weighted by Gasteiger charge is 2.04. The molecule has 0 N–H and O–H groups in total. The summed E-state index contributed by atoms with van der Waals surface area (Å²) >= 11 is 7.08. The van der Waals surface area contributed by atoms with Crippen molar-refractivity contribution >= 4 is 29.2 Å². The third-order valence-corrected chi connectivity index (χ3v) is 3.38. The van der Waals surface area contributed by atoms with E-state index in [0.717, 1.165) is 17.4 Å². The maximum atomic E-state index is 12.9. The standard InChI is InChI=1S/C12H8ClFOS/c13-11-5-8(1-2-12(11)14)3-9-4-10(6-15)16-7-9/h1-2,4-7H,3H2. The van der Waals surface area contributed by atoms with Gasteiger partial charge in [-0.25, -0.2) is 4.39 Å². The van der Waals surface area contributed by atoms with Crippen LogP contribution in [0.3, 0.4) is 0 Å². The van der Waals surface area contributed by atoms with Crippen molar-refractivity contribution in [2.24, 2.45) is 0 Å². The lowest BCUT2D eigenvalue weighted by molar-refractivity contribution is 0.112. The number of hydrogen-bond donors (Lipinski definition) is 0. The highest BCUT2D eigenvalue weighted by atomic mass is 35.5. The number of benzene rings is 1. The fourth-order valence-electron chi connectivity index (χ4n) is 1.43. The summed E-state index contributed by atoms with van der Waals surface area (Å²) in [5.41, 5.74) is 1.97. The minimum atomic E-state index is -0.413. The Morgan fingerprint density at radius 3 is 2.75 bits per heavy atom. The van der Waals surface area contributed by atoms with Crippen molar-refractivity contribution in [3.63, 3.8) is 0 Å². The van der Waals surface area contributed by atoms with Gasteiger partial charge in [0, 0.05) is 0 Å². The van der Waals surface area contributed by atoms with Gasteiger partial charge in [0.1, 0.15) is 5.82 Å². The molecule has 0 unspecified atom stereocenters. The lowest BCUT2D eigenvalue weighted by Crippen LogP contribution is -1.87. The smallest absolute Gasteiger partial charge is 0.160 e. The monoisotopic (exact) mass is 254 g/mol. The summed E-state index contributed by atoms with van der Waals surface area (Å²) in [5.74, 6) is -0.413. The van der Waals surface area contributed by atoms with Crippen molar-refractivity contribution in [3.05, 3.63) is 56.5 Å². The van der Waals surface area contributed by atoms with Crippen LogP contribution in [0.2, 0.25) is 5.02 Å². The van der Waals surface area contributed by atoms with Crippen molar-refractivity contribution in [1.82, 2.24) is 0 Å². The summed E-state index contributed by atoms with van der Waals surface area (Å²) in [4.78, 5) is 11.2. The molecule has 0 atom stereocenters. The van der Waals surface area contributed by atoms with Crippen LogP contribution in [0.5, 0.6) is 0 Å². The molecule has 0 fully saturated rings. The molecule has 0 saturated heterocycles. The fraction of sp³-hybridized carbons (Fsp3) is 0.0833. The first-order chi connectivity index (χ1) is 7.69. The zero-order valence-electron chi connectivity index (χ0n) is 8.24. The second-order valence-corrected chi connectivity index (χ2v) is 4.75. The minimum absolute atomic E-state index is 0.128. The summed E-state index contributed by atoms with van der Waals surface area (Å²) in [6.45, 7) is 0. The Morgan fingerprint density at radius 2 is 2.12 bits per heavy atom. The fourth-order valence-corrected chi connectivity index (χ4v) is 2.35. The second-order valence-electron chi connectivity index (χ2n) is 3.40. The number of carbonyl (C=O) groups excluding carboxylic acids is 1. The van der Waals surface area contributed by atoms with Crippen LogP contribution in [0.25, 0.3) is 0 Å². The summed E-state index contributed by atoms with van der Waals surface area (Å²) in [6.07, 6.45) is 1.48. The van der Waals surface area contributed by atoms with Gasteiger partial charge in [0.05, 0.1) is 9.90 Å². The molecule has 0 saturated carbocycles. The Bertz CT molecular complexity index is 521. The SMILES string of the molecule is O=Cc1cc(Cc2ccc(F)c(Cl)c2)cs1. The third-order valence-electron chi connectivity index (χ3n) is 2.18. The maximum Gasteiger partial charge on any atom is 0.160 e. The van der Waals surface area contributed by atoms with E-state index >= 15 is 0 Å². The Balaban J connectivity index is 2.20. The lowest BCUT2D eigenvalue weighted by atomic mass is 10.1. The van der Waals surface area contributed by atoms with E-state index < -0.39 is 5.82 Å². The predicted octanol–water partition coefficient (Wildman–Crippen LogP) is 3.94. The Hall–Kier alpha value is -1.19. The molecule has 1 aromatic heterocycles. The van der Waals surface area contributed by atoms with Crippen LogP contribution in [-0.4, -0.2) is 6.29 Å². The van der Waals surface area contributed by atoms with E-state index in [9.17, 15) is 9.18 Å². The minimum Gasteiger partial charge on any atom is -0.297 e. The van der Waals surface area contributed by atoms with Gasteiger partial charge in [-0.05, 0) is 41.1 Å². The molecule has 0 radical (unpaired) electrons. The number of halogens is 2. The van der Waals surface area contributed by atoms with Crippen LogP contribution in [0.4, 0.5) is 4.39 Å². The first-order valence-electron chi connectivity index (χ1n) is 4.65. The van der Waals surface area contributed by atoms with Crippen LogP contribution in [0, 0.1) is 5.82 Å². The van der Waals surface area contributed by atoms with Crippen LogP contribution in [-0.2, 0) is 6.42 Å². The average Bonchev–Trinajstić information content (AvgIpc) is 2.71. The Morgan fingerprint density at radius 1 is 1.31 bits per heavy atom. The van der Waals surface area contributed by atoms with Crippen molar-refractivity contribution in [2.75, 3.05) is 0 Å². The van der Waals surface area contributed by atoms with Gasteiger partial charge in [-0.3, -0.25) is 4.79 Å².